The molecule has 0 aliphatic rings. The van der Waals surface area contributed by atoms with Crippen molar-refractivity contribution in [1.29, 1.82) is 0 Å². The van der Waals surface area contributed by atoms with E-state index < -0.39 is 0 Å². The quantitative estimate of drug-likeness (QED) is 0.833. The van der Waals surface area contributed by atoms with Gasteiger partial charge in [0, 0.05) is 32.4 Å². The molecule has 0 aliphatic heterocycles. The number of nitrogens with one attached hydrogen (secondary N) is 1. The molecular formula is C22H29N3O2. The van der Waals surface area contributed by atoms with Gasteiger partial charge in [-0.1, -0.05) is 32.0 Å². The van der Waals surface area contributed by atoms with Crippen LogP contribution < -0.4 is 15.1 Å². The van der Waals surface area contributed by atoms with Crippen molar-refractivity contribution >= 4 is 28.9 Å². The fourth-order valence-electron chi connectivity index (χ4n) is 3.05. The maximum atomic E-state index is 12.6. The number of para-hydroxylation sites is 1. The first kappa shape index (κ1) is 20.5. The van der Waals surface area contributed by atoms with Gasteiger partial charge in [-0.2, -0.15) is 0 Å². The Kier molecular flexibility index (Phi) is 6.61. The molecule has 2 amide bonds. The van der Waals surface area contributed by atoms with Gasteiger partial charge in [-0.3, -0.25) is 9.59 Å². The van der Waals surface area contributed by atoms with Crippen LogP contribution >= 0.6 is 0 Å². The van der Waals surface area contributed by atoms with E-state index in [1.165, 1.54) is 6.92 Å². The van der Waals surface area contributed by atoms with Crippen molar-refractivity contribution in [3.8, 4) is 0 Å². The summed E-state index contributed by atoms with van der Waals surface area (Å²) in [6, 6.07) is 13.6. The van der Waals surface area contributed by atoms with Crippen molar-refractivity contribution in [2.24, 2.45) is 0 Å². The minimum atomic E-state index is -0.222. The van der Waals surface area contributed by atoms with E-state index in [1.807, 2.05) is 68.4 Å². The average molecular weight is 367 g/mol. The molecule has 0 heterocycles. The second kappa shape index (κ2) is 8.71. The summed E-state index contributed by atoms with van der Waals surface area (Å²) in [6.07, 6.45) is 0. The smallest absolute Gasteiger partial charge is 0.244 e. The topological polar surface area (TPSA) is 52.7 Å². The van der Waals surface area contributed by atoms with Crippen molar-refractivity contribution < 1.29 is 9.59 Å². The van der Waals surface area contributed by atoms with Crippen LogP contribution in [0.1, 0.15) is 37.8 Å². The molecule has 0 spiro atoms. The molecule has 0 aliphatic carbocycles. The number of hydrogen-bond acceptors (Lipinski definition) is 3. The van der Waals surface area contributed by atoms with Crippen molar-refractivity contribution in [2.45, 2.75) is 33.6 Å². The van der Waals surface area contributed by atoms with Gasteiger partial charge in [-0.15, -0.1) is 0 Å². The van der Waals surface area contributed by atoms with E-state index in [0.29, 0.717) is 5.69 Å². The minimum absolute atomic E-state index is 0.0185. The second-order valence-electron chi connectivity index (χ2n) is 7.26. The molecule has 27 heavy (non-hydrogen) atoms. The Morgan fingerprint density at radius 2 is 1.67 bits per heavy atom. The Morgan fingerprint density at radius 1 is 1.04 bits per heavy atom. The zero-order chi connectivity index (χ0) is 20.1. The summed E-state index contributed by atoms with van der Waals surface area (Å²) < 4.78 is 0. The van der Waals surface area contributed by atoms with E-state index in [4.69, 9.17) is 0 Å². The average Bonchev–Trinajstić information content (AvgIpc) is 2.60. The number of benzene rings is 2. The maximum absolute atomic E-state index is 12.6. The van der Waals surface area contributed by atoms with Crippen LogP contribution in [0, 0.1) is 6.92 Å². The van der Waals surface area contributed by atoms with Gasteiger partial charge in [0.2, 0.25) is 11.8 Å². The van der Waals surface area contributed by atoms with Gasteiger partial charge in [-0.05, 0) is 48.2 Å². The highest BCUT2D eigenvalue weighted by Gasteiger charge is 2.21. The SMILES string of the molecule is CC(=O)N(CC(=O)Nc1ccc(N(C)C)cc1)c1c(C)cccc1C(C)C. The number of anilines is 3. The summed E-state index contributed by atoms with van der Waals surface area (Å²) in [5, 5.41) is 2.88. The number of carbonyl (C=O) groups excluding carboxylic acids is 2. The van der Waals surface area contributed by atoms with Gasteiger partial charge < -0.3 is 15.1 Å². The second-order valence-corrected chi connectivity index (χ2v) is 7.26. The normalized spacial score (nSPS) is 10.6. The fraction of sp³-hybridized carbons (Fsp3) is 0.364. The van der Waals surface area contributed by atoms with Crippen LogP contribution in [0.15, 0.2) is 42.5 Å². The Bertz CT molecular complexity index is 811. The van der Waals surface area contributed by atoms with Crippen LogP contribution in [-0.2, 0) is 9.59 Å². The van der Waals surface area contributed by atoms with E-state index in [9.17, 15) is 9.59 Å². The van der Waals surface area contributed by atoms with Gasteiger partial charge in [0.25, 0.3) is 0 Å². The number of hydrogen-bond donors (Lipinski definition) is 1. The lowest BCUT2D eigenvalue weighted by Gasteiger charge is -2.27. The van der Waals surface area contributed by atoms with Crippen LogP contribution in [0.4, 0.5) is 17.1 Å². The van der Waals surface area contributed by atoms with Crippen LogP contribution in [0.25, 0.3) is 0 Å². The molecule has 1 N–H and O–H groups in total. The molecule has 0 saturated heterocycles. The lowest BCUT2D eigenvalue weighted by atomic mass is 9.97. The highest BCUT2D eigenvalue weighted by Crippen LogP contribution is 2.31. The molecular weight excluding hydrogens is 338 g/mol. The number of rotatable bonds is 6. The molecule has 5 nitrogen and oxygen atoms in total. The molecule has 5 heteroatoms. The Balaban J connectivity index is 2.22. The molecule has 0 radical (unpaired) electrons. The van der Waals surface area contributed by atoms with Crippen LogP contribution in [-0.4, -0.2) is 32.5 Å². The summed E-state index contributed by atoms with van der Waals surface area (Å²) in [4.78, 5) is 28.5. The third kappa shape index (κ3) is 5.09. The van der Waals surface area contributed by atoms with E-state index in [2.05, 4.69) is 19.2 Å². The van der Waals surface area contributed by atoms with Crippen molar-refractivity contribution in [3.05, 3.63) is 53.6 Å². The van der Waals surface area contributed by atoms with E-state index >= 15 is 0 Å². The summed E-state index contributed by atoms with van der Waals surface area (Å²) in [7, 11) is 3.93. The molecule has 2 aromatic carbocycles. The van der Waals surface area contributed by atoms with E-state index in [0.717, 1.165) is 22.5 Å². The molecule has 2 aromatic rings. The molecule has 0 fully saturated rings. The van der Waals surface area contributed by atoms with Crippen LogP contribution in [0.3, 0.4) is 0 Å². The van der Waals surface area contributed by atoms with Gasteiger partial charge in [0.15, 0.2) is 0 Å². The number of carbonyl (C=O) groups is 2. The summed E-state index contributed by atoms with van der Waals surface area (Å²) in [5.74, 6) is -0.117. The molecule has 2 rings (SSSR count). The van der Waals surface area contributed by atoms with Crippen molar-refractivity contribution in [1.82, 2.24) is 0 Å². The molecule has 0 atom stereocenters. The first-order valence-corrected chi connectivity index (χ1v) is 9.15. The fourth-order valence-corrected chi connectivity index (χ4v) is 3.05. The molecule has 0 saturated carbocycles. The third-order valence-corrected chi connectivity index (χ3v) is 4.51. The van der Waals surface area contributed by atoms with E-state index in [-0.39, 0.29) is 24.3 Å². The summed E-state index contributed by atoms with van der Waals surface area (Å²) >= 11 is 0. The Morgan fingerprint density at radius 3 is 2.19 bits per heavy atom. The first-order chi connectivity index (χ1) is 12.7. The molecule has 0 bridgehead atoms. The summed E-state index contributed by atoms with van der Waals surface area (Å²) in [6.45, 7) is 7.62. The highest BCUT2D eigenvalue weighted by atomic mass is 16.2. The van der Waals surface area contributed by atoms with E-state index in [1.54, 1.807) is 4.90 Å². The van der Waals surface area contributed by atoms with Gasteiger partial charge in [0.05, 0.1) is 5.69 Å². The maximum Gasteiger partial charge on any atom is 0.244 e. The lowest BCUT2D eigenvalue weighted by Crippen LogP contribution is -2.37. The largest absolute Gasteiger partial charge is 0.378 e. The van der Waals surface area contributed by atoms with Gasteiger partial charge in [-0.25, -0.2) is 0 Å². The van der Waals surface area contributed by atoms with Crippen LogP contribution in [0.2, 0.25) is 0 Å². The van der Waals surface area contributed by atoms with Crippen molar-refractivity contribution in [2.75, 3.05) is 35.8 Å². The monoisotopic (exact) mass is 367 g/mol. The number of amides is 2. The highest BCUT2D eigenvalue weighted by molar-refractivity contribution is 6.02. The van der Waals surface area contributed by atoms with Crippen LogP contribution in [0.5, 0.6) is 0 Å². The zero-order valence-corrected chi connectivity index (χ0v) is 17.0. The zero-order valence-electron chi connectivity index (χ0n) is 17.0. The van der Waals surface area contributed by atoms with Gasteiger partial charge in [0.1, 0.15) is 6.54 Å². The van der Waals surface area contributed by atoms with Crippen molar-refractivity contribution in [3.63, 3.8) is 0 Å². The number of nitrogens with zero attached hydrogens (tertiary/aromatic N) is 2. The Hall–Kier alpha value is -2.82. The summed E-state index contributed by atoms with van der Waals surface area (Å²) in [5.41, 5.74) is 4.65. The Labute approximate surface area is 162 Å². The third-order valence-electron chi connectivity index (χ3n) is 4.51. The molecule has 0 aromatic heterocycles. The molecule has 0 unspecified atom stereocenters. The predicted octanol–water partition coefficient (Wildman–Crippen LogP) is 4.18. The lowest BCUT2D eigenvalue weighted by molar-refractivity contribution is -0.120. The first-order valence-electron chi connectivity index (χ1n) is 9.15. The molecule has 144 valence electrons. The minimum Gasteiger partial charge on any atom is -0.378 e. The number of aryl methyl sites for hydroxylation is 1. The van der Waals surface area contributed by atoms with Gasteiger partial charge >= 0.3 is 0 Å². The predicted molar refractivity (Wildman–Crippen MR) is 113 cm³/mol. The standard InChI is InChI=1S/C22H29N3O2/c1-15(2)20-9-7-8-16(3)22(20)25(17(4)26)14-21(27)23-18-10-12-19(13-11-18)24(5)6/h7-13,15H,14H2,1-6H3,(H,23,27).